The minimum Gasteiger partial charge on any atom is -0.383 e. The van der Waals surface area contributed by atoms with E-state index in [1.165, 1.54) is 23.6 Å². The molecule has 0 bridgehead atoms. The van der Waals surface area contributed by atoms with E-state index in [1.54, 1.807) is 11.3 Å². The highest BCUT2D eigenvalue weighted by atomic mass is 32.1. The van der Waals surface area contributed by atoms with Gasteiger partial charge >= 0.3 is 0 Å². The van der Waals surface area contributed by atoms with Crippen LogP contribution in [0.15, 0.2) is 36.0 Å². The summed E-state index contributed by atoms with van der Waals surface area (Å²) in [7, 11) is 0. The lowest BCUT2D eigenvalue weighted by Crippen LogP contribution is -1.98. The molecule has 0 aliphatic heterocycles. The van der Waals surface area contributed by atoms with Gasteiger partial charge in [-0.3, -0.25) is 4.98 Å². The quantitative estimate of drug-likeness (QED) is 0.768. The van der Waals surface area contributed by atoms with Crippen molar-refractivity contribution < 1.29 is 9.50 Å². The standard InChI is InChI=1S/C12H8FNOS2/c13-8-3-7(5-14-6-8)12(15)11-4-10-9(17-11)1-2-16-10/h1-6,12,15H. The molecule has 0 fully saturated rings. The molecule has 17 heavy (non-hydrogen) atoms. The molecule has 0 radical (unpaired) electrons. The molecule has 0 saturated carbocycles. The second-order valence-electron chi connectivity index (χ2n) is 3.64. The predicted octanol–water partition coefficient (Wildman–Crippen LogP) is 3.58. The molecule has 0 aliphatic carbocycles. The summed E-state index contributed by atoms with van der Waals surface area (Å²) in [6.45, 7) is 0. The maximum Gasteiger partial charge on any atom is 0.141 e. The molecule has 1 unspecified atom stereocenters. The van der Waals surface area contributed by atoms with E-state index < -0.39 is 11.9 Å². The lowest BCUT2D eigenvalue weighted by Gasteiger charge is -2.07. The molecule has 0 spiro atoms. The van der Waals surface area contributed by atoms with Crippen LogP contribution in [0.5, 0.6) is 0 Å². The highest BCUT2D eigenvalue weighted by Crippen LogP contribution is 2.35. The third-order valence-electron chi connectivity index (χ3n) is 2.47. The Morgan fingerprint density at radius 1 is 1.24 bits per heavy atom. The molecule has 3 heterocycles. The van der Waals surface area contributed by atoms with Crippen LogP contribution in [0.1, 0.15) is 16.5 Å². The minimum atomic E-state index is -0.803. The van der Waals surface area contributed by atoms with Crippen LogP contribution in [-0.4, -0.2) is 10.1 Å². The van der Waals surface area contributed by atoms with E-state index >= 15 is 0 Å². The van der Waals surface area contributed by atoms with Gasteiger partial charge in [0.15, 0.2) is 0 Å². The molecular formula is C12H8FNOS2. The van der Waals surface area contributed by atoms with Crippen molar-refractivity contribution in [3.63, 3.8) is 0 Å². The third-order valence-corrected chi connectivity index (χ3v) is 4.62. The van der Waals surface area contributed by atoms with Gasteiger partial charge in [0.05, 0.1) is 6.20 Å². The summed E-state index contributed by atoms with van der Waals surface area (Å²) in [6, 6.07) is 5.27. The molecule has 1 atom stereocenters. The molecule has 2 nitrogen and oxygen atoms in total. The first-order chi connectivity index (χ1) is 8.24. The van der Waals surface area contributed by atoms with E-state index in [2.05, 4.69) is 4.98 Å². The smallest absolute Gasteiger partial charge is 0.141 e. The Morgan fingerprint density at radius 2 is 2.12 bits per heavy atom. The van der Waals surface area contributed by atoms with Crippen molar-refractivity contribution in [2.24, 2.45) is 0 Å². The third kappa shape index (κ3) is 1.97. The first-order valence-corrected chi connectivity index (χ1v) is 6.69. The largest absolute Gasteiger partial charge is 0.383 e. The van der Waals surface area contributed by atoms with Crippen LogP contribution >= 0.6 is 22.7 Å². The predicted molar refractivity (Wildman–Crippen MR) is 68.0 cm³/mol. The zero-order valence-corrected chi connectivity index (χ0v) is 10.3. The van der Waals surface area contributed by atoms with Gasteiger partial charge in [-0.2, -0.15) is 0 Å². The van der Waals surface area contributed by atoms with Crippen LogP contribution in [0.3, 0.4) is 0 Å². The van der Waals surface area contributed by atoms with E-state index in [0.717, 1.165) is 20.5 Å². The van der Waals surface area contributed by atoms with Gasteiger partial charge in [-0.05, 0) is 23.6 Å². The minimum absolute atomic E-state index is 0.431. The van der Waals surface area contributed by atoms with Gasteiger partial charge in [0.25, 0.3) is 0 Å². The molecule has 0 amide bonds. The van der Waals surface area contributed by atoms with E-state index in [-0.39, 0.29) is 0 Å². The number of pyridine rings is 1. The number of aliphatic hydroxyl groups is 1. The highest BCUT2D eigenvalue weighted by Gasteiger charge is 2.15. The number of nitrogens with zero attached hydrogens (tertiary/aromatic N) is 1. The van der Waals surface area contributed by atoms with Crippen molar-refractivity contribution in [3.8, 4) is 0 Å². The van der Waals surface area contributed by atoms with Crippen molar-refractivity contribution in [2.75, 3.05) is 0 Å². The molecule has 3 aromatic heterocycles. The highest BCUT2D eigenvalue weighted by molar-refractivity contribution is 7.26. The van der Waals surface area contributed by atoms with Crippen LogP contribution < -0.4 is 0 Å². The number of rotatable bonds is 2. The average Bonchev–Trinajstić information content (AvgIpc) is 2.88. The fourth-order valence-electron chi connectivity index (χ4n) is 1.66. The van der Waals surface area contributed by atoms with Gasteiger partial charge in [0.1, 0.15) is 11.9 Å². The molecule has 5 heteroatoms. The van der Waals surface area contributed by atoms with Crippen molar-refractivity contribution in [3.05, 3.63) is 52.2 Å². The van der Waals surface area contributed by atoms with Crippen molar-refractivity contribution in [1.29, 1.82) is 0 Å². The Hall–Kier alpha value is -1.30. The molecule has 3 rings (SSSR count). The fraction of sp³-hybridized carbons (Fsp3) is 0.0833. The summed E-state index contributed by atoms with van der Waals surface area (Å²) >= 11 is 3.16. The average molecular weight is 265 g/mol. The first kappa shape index (κ1) is 10.8. The van der Waals surface area contributed by atoms with Crippen LogP contribution in [0.2, 0.25) is 0 Å². The topological polar surface area (TPSA) is 33.1 Å². The monoisotopic (exact) mass is 265 g/mol. The van der Waals surface area contributed by atoms with Gasteiger partial charge in [-0.25, -0.2) is 4.39 Å². The Labute approximate surface area is 105 Å². The Balaban J connectivity index is 2.01. The van der Waals surface area contributed by atoms with Gasteiger partial charge in [0, 0.05) is 26.0 Å². The molecule has 0 aliphatic rings. The lowest BCUT2D eigenvalue weighted by molar-refractivity contribution is 0.223. The maximum absolute atomic E-state index is 13.0. The summed E-state index contributed by atoms with van der Waals surface area (Å²) in [6.07, 6.45) is 1.81. The number of thiophene rings is 2. The fourth-order valence-corrected chi connectivity index (χ4v) is 3.80. The Bertz CT molecular complexity index is 633. The molecule has 3 aromatic rings. The Morgan fingerprint density at radius 3 is 2.88 bits per heavy atom. The molecular weight excluding hydrogens is 257 g/mol. The SMILES string of the molecule is OC(c1cncc(F)c1)c1cc2sccc2s1. The lowest BCUT2D eigenvalue weighted by atomic mass is 10.1. The number of hydrogen-bond donors (Lipinski definition) is 1. The Kier molecular flexibility index (Phi) is 2.66. The number of hydrogen-bond acceptors (Lipinski definition) is 4. The summed E-state index contributed by atoms with van der Waals surface area (Å²) in [5.74, 6) is -0.431. The van der Waals surface area contributed by atoms with Gasteiger partial charge in [0.2, 0.25) is 0 Å². The molecule has 1 N–H and O–H groups in total. The normalized spacial score (nSPS) is 13.1. The van der Waals surface area contributed by atoms with Crippen molar-refractivity contribution >= 4 is 32.1 Å². The van der Waals surface area contributed by atoms with Crippen molar-refractivity contribution in [1.82, 2.24) is 4.98 Å². The van der Waals surface area contributed by atoms with Crippen molar-refractivity contribution in [2.45, 2.75) is 6.10 Å². The zero-order chi connectivity index (χ0) is 11.8. The second kappa shape index (κ2) is 4.18. The molecule has 0 aromatic carbocycles. The van der Waals surface area contributed by atoms with Gasteiger partial charge in [-0.15, -0.1) is 22.7 Å². The van der Waals surface area contributed by atoms with E-state index in [1.807, 2.05) is 17.5 Å². The number of aliphatic hydroxyl groups excluding tert-OH is 1. The maximum atomic E-state index is 13.0. The van der Waals surface area contributed by atoms with Gasteiger partial charge in [-0.1, -0.05) is 0 Å². The molecule has 0 saturated heterocycles. The van der Waals surface area contributed by atoms with Gasteiger partial charge < -0.3 is 5.11 Å². The van der Waals surface area contributed by atoms with Crippen LogP contribution in [0.25, 0.3) is 9.40 Å². The van der Waals surface area contributed by atoms with Crippen LogP contribution in [-0.2, 0) is 0 Å². The second-order valence-corrected chi connectivity index (χ2v) is 5.70. The van der Waals surface area contributed by atoms with E-state index in [4.69, 9.17) is 0 Å². The van der Waals surface area contributed by atoms with Crippen LogP contribution in [0, 0.1) is 5.82 Å². The number of halogens is 1. The first-order valence-electron chi connectivity index (χ1n) is 4.99. The summed E-state index contributed by atoms with van der Waals surface area (Å²) in [4.78, 5) is 4.56. The number of aromatic nitrogens is 1. The zero-order valence-electron chi connectivity index (χ0n) is 8.63. The summed E-state index contributed by atoms with van der Waals surface area (Å²) in [5.41, 5.74) is 0.485. The van der Waals surface area contributed by atoms with E-state index in [0.29, 0.717) is 5.56 Å². The number of fused-ring (bicyclic) bond motifs is 1. The van der Waals surface area contributed by atoms with E-state index in [9.17, 15) is 9.50 Å². The molecule has 86 valence electrons. The summed E-state index contributed by atoms with van der Waals surface area (Å²) < 4.78 is 15.3. The van der Waals surface area contributed by atoms with Crippen LogP contribution in [0.4, 0.5) is 4.39 Å². The summed E-state index contributed by atoms with van der Waals surface area (Å²) in [5, 5.41) is 12.2.